The number of carbonyl (C=O) groups is 8. The molecule has 40 heteroatoms. The highest BCUT2D eigenvalue weighted by atomic mass is 16.5. The summed E-state index contributed by atoms with van der Waals surface area (Å²) in [6.45, 7) is 9.79. The lowest BCUT2D eigenvalue weighted by Gasteiger charge is -2.15. The summed E-state index contributed by atoms with van der Waals surface area (Å²) >= 11 is 0. The normalized spacial score (nSPS) is 13.0. The van der Waals surface area contributed by atoms with Gasteiger partial charge in [0, 0.05) is 151 Å². The van der Waals surface area contributed by atoms with E-state index in [1.807, 2.05) is 6.92 Å². The topological polar surface area (TPSA) is 496 Å². The fraction of sp³-hybridized carbons (Fsp3) is 0.341. The Labute approximate surface area is 717 Å². The van der Waals surface area contributed by atoms with Gasteiger partial charge in [-0.3, -0.25) is 57.1 Å². The van der Waals surface area contributed by atoms with Crippen LogP contribution < -0.4 is 61.5 Å². The Balaban J connectivity index is 0.000000143. The van der Waals surface area contributed by atoms with Crippen molar-refractivity contribution in [2.45, 2.75) is 118 Å². The lowest BCUT2D eigenvalue weighted by molar-refractivity contribution is -0.118. The number of Topliss-reactive ketones (excluding diaryl/α,β-unsaturated/α-hetero) is 4. The SMILES string of the molecule is CCC(=O)c1cnc(NC(=O)C2CC2)cc1Nc1nccc(-c2ncn(C)n2)c1OC.CCC(=O)c1cnc(NC(=O)C2CC2)cc1Nc1nccc(-c2ncn(C)n2)c1OC.CCC(=O)c1cnc(NC(=O)C2CC2)cc1Nc1nccc(-c2ncn(C)n2)c1OC.CCC(=O)c1cnc(NC(=O)C2CC2)cc1Nc1nccc(-c2ncn(CC)n2)c1OC. The summed E-state index contributed by atoms with van der Waals surface area (Å²) < 4.78 is 28.9. The van der Waals surface area contributed by atoms with Crippen LogP contribution in [-0.4, -0.2) is 174 Å². The molecule has 16 rings (SSSR count). The maximum Gasteiger partial charge on any atom is 0.228 e. The number of methoxy groups -OCH3 is 4. The van der Waals surface area contributed by atoms with Crippen LogP contribution in [0.15, 0.2) is 123 Å². The Bertz CT molecular complexity index is 5580. The quantitative estimate of drug-likeness (QED) is 0.0177. The number of rotatable bonds is 33. The Hall–Kier alpha value is -15.3. The molecule has 0 unspecified atom stereocenters. The van der Waals surface area contributed by atoms with E-state index in [1.54, 1.807) is 166 Å². The Morgan fingerprint density at radius 2 is 0.560 bits per heavy atom. The molecule has 646 valence electrons. The van der Waals surface area contributed by atoms with Crippen molar-refractivity contribution in [1.82, 2.24) is 98.9 Å². The molecule has 8 N–H and O–H groups in total. The number of amides is 4. The van der Waals surface area contributed by atoms with Gasteiger partial charge in [0.15, 0.2) is 92.7 Å². The minimum atomic E-state index is -0.0865. The number of aryl methyl sites for hydroxylation is 4. The minimum Gasteiger partial charge on any atom is -0.492 e. The molecular formula is C85H94N28O12. The van der Waals surface area contributed by atoms with Crippen LogP contribution in [0, 0.1) is 23.7 Å². The van der Waals surface area contributed by atoms with E-state index in [9.17, 15) is 38.4 Å². The highest BCUT2D eigenvalue weighted by Crippen LogP contribution is 2.43. The van der Waals surface area contributed by atoms with Gasteiger partial charge in [0.2, 0.25) is 23.6 Å². The van der Waals surface area contributed by atoms with Crippen molar-refractivity contribution in [1.29, 1.82) is 0 Å². The van der Waals surface area contributed by atoms with E-state index in [2.05, 4.69) is 123 Å². The fourth-order valence-electron chi connectivity index (χ4n) is 12.6. The first-order valence-corrected chi connectivity index (χ1v) is 40.6. The summed E-state index contributed by atoms with van der Waals surface area (Å²) in [5.74, 6) is 6.33. The highest BCUT2D eigenvalue weighted by molar-refractivity contribution is 6.06. The first-order valence-electron chi connectivity index (χ1n) is 40.6. The largest absolute Gasteiger partial charge is 0.492 e. The van der Waals surface area contributed by atoms with Crippen LogP contribution in [0.2, 0.25) is 0 Å². The third-order valence-electron chi connectivity index (χ3n) is 20.0. The molecule has 0 saturated heterocycles. The van der Waals surface area contributed by atoms with Crippen molar-refractivity contribution in [2.75, 3.05) is 71.0 Å². The van der Waals surface area contributed by atoms with Gasteiger partial charge in [-0.05, 0) is 82.6 Å². The molecule has 125 heavy (non-hydrogen) atoms. The monoisotopic (exact) mass is 1700 g/mol. The molecule has 4 fully saturated rings. The van der Waals surface area contributed by atoms with Gasteiger partial charge in [0.05, 0.1) is 95.7 Å². The number of ether oxygens (including phenoxy) is 4. The Kier molecular flexibility index (Phi) is 28.0. The second kappa shape index (κ2) is 39.9. The van der Waals surface area contributed by atoms with Gasteiger partial charge >= 0.3 is 0 Å². The molecule has 4 amide bonds. The zero-order valence-corrected chi connectivity index (χ0v) is 70.9. The molecule has 0 spiro atoms. The number of hydrogen-bond acceptors (Lipinski definition) is 32. The number of carbonyl (C=O) groups excluding carboxylic acids is 8. The van der Waals surface area contributed by atoms with Crippen molar-refractivity contribution in [3.8, 4) is 68.5 Å². The van der Waals surface area contributed by atoms with Crippen LogP contribution in [0.25, 0.3) is 45.6 Å². The van der Waals surface area contributed by atoms with Crippen molar-refractivity contribution in [3.05, 3.63) is 146 Å². The van der Waals surface area contributed by atoms with Gasteiger partial charge in [-0.2, -0.15) is 20.4 Å². The highest BCUT2D eigenvalue weighted by Gasteiger charge is 2.34. The average molecular weight is 1700 g/mol. The number of aromatic nitrogens is 20. The third kappa shape index (κ3) is 21.7. The molecule has 0 radical (unpaired) electrons. The van der Waals surface area contributed by atoms with Gasteiger partial charge in [0.1, 0.15) is 48.6 Å². The van der Waals surface area contributed by atoms with E-state index in [4.69, 9.17) is 18.9 Å². The van der Waals surface area contributed by atoms with Gasteiger partial charge in [-0.25, -0.2) is 59.8 Å². The van der Waals surface area contributed by atoms with Crippen LogP contribution in [-0.2, 0) is 46.9 Å². The van der Waals surface area contributed by atoms with Crippen LogP contribution in [0.5, 0.6) is 23.0 Å². The Morgan fingerprint density at radius 3 is 0.752 bits per heavy atom. The van der Waals surface area contributed by atoms with Crippen LogP contribution >= 0.6 is 0 Å². The molecule has 4 saturated carbocycles. The average Bonchev–Trinajstić information content (AvgIpc) is 1.71. The summed E-state index contributed by atoms with van der Waals surface area (Å²) in [6.07, 6.45) is 27.1. The second-order valence-corrected chi connectivity index (χ2v) is 29.2. The first-order chi connectivity index (χ1) is 60.5. The van der Waals surface area contributed by atoms with Crippen molar-refractivity contribution >= 4 is 116 Å². The van der Waals surface area contributed by atoms with Crippen LogP contribution in [0.3, 0.4) is 0 Å². The van der Waals surface area contributed by atoms with Crippen LogP contribution in [0.4, 0.5) is 69.3 Å². The standard InChI is InChI=1S/C22H25N7O3.3C21H23N7O3/c1-4-17(30)15-11-24-18(27-22(31)13-6-7-13)10-16(15)26-21-19(32-3)14(8-9-23-21)20-25-12-29(5-2)28-20;3*1-4-16(29)14-10-23-17(26-21(30)12-5-6-12)9-15(14)25-20-18(31-3)13(7-8-22-20)19-24-11-28(2)27-19/h8-13H,4-7H2,1-3H3,(H2,23,24,26,27,31);3*7-12H,4-6H2,1-3H3,(H2,22,23,25,26,30). The van der Waals surface area contributed by atoms with Crippen molar-refractivity contribution in [2.24, 2.45) is 44.8 Å². The number of nitrogens with zero attached hydrogens (tertiary/aromatic N) is 20. The molecule has 4 aliphatic rings. The molecule has 0 aromatic carbocycles. The zero-order chi connectivity index (χ0) is 88.5. The van der Waals surface area contributed by atoms with E-state index in [-0.39, 0.29) is 70.4 Å². The molecule has 12 aromatic heterocycles. The maximum absolute atomic E-state index is 12.5. The summed E-state index contributed by atoms with van der Waals surface area (Å²) in [5, 5.41) is 41.4. The lowest BCUT2D eigenvalue weighted by Crippen LogP contribution is -2.15. The second-order valence-electron chi connectivity index (χ2n) is 29.2. The van der Waals surface area contributed by atoms with E-state index < -0.39 is 0 Å². The minimum absolute atomic E-state index is 0.0408. The summed E-state index contributed by atoms with van der Waals surface area (Å²) in [6, 6.07) is 13.6. The van der Waals surface area contributed by atoms with E-state index in [0.29, 0.717) is 192 Å². The fourth-order valence-corrected chi connectivity index (χ4v) is 12.6. The number of anilines is 12. The van der Waals surface area contributed by atoms with Crippen molar-refractivity contribution < 1.29 is 57.3 Å². The molecule has 0 bridgehead atoms. The predicted molar refractivity (Wildman–Crippen MR) is 462 cm³/mol. The zero-order valence-electron chi connectivity index (χ0n) is 70.9. The van der Waals surface area contributed by atoms with Gasteiger partial charge in [-0.15, -0.1) is 0 Å². The Morgan fingerprint density at radius 1 is 0.328 bits per heavy atom. The van der Waals surface area contributed by atoms with E-state index in [1.165, 1.54) is 53.2 Å². The molecule has 12 aromatic rings. The smallest absolute Gasteiger partial charge is 0.228 e. The molecule has 0 atom stereocenters. The molecule has 0 aliphatic heterocycles. The van der Waals surface area contributed by atoms with Crippen molar-refractivity contribution in [3.63, 3.8) is 0 Å². The van der Waals surface area contributed by atoms with Gasteiger partial charge in [0.25, 0.3) is 0 Å². The molecule has 4 aliphatic carbocycles. The maximum atomic E-state index is 12.5. The van der Waals surface area contributed by atoms with Crippen LogP contribution in [0.1, 0.15) is 153 Å². The molecule has 12 heterocycles. The van der Waals surface area contributed by atoms with Gasteiger partial charge < -0.3 is 61.5 Å². The van der Waals surface area contributed by atoms with Gasteiger partial charge in [-0.1, -0.05) is 27.7 Å². The first kappa shape index (κ1) is 87.5. The number of pyridine rings is 8. The summed E-state index contributed by atoms with van der Waals surface area (Å²) in [7, 11) is 11.5. The lowest BCUT2D eigenvalue weighted by atomic mass is 10.1. The molecular weight excluding hydrogens is 1610 g/mol. The third-order valence-corrected chi connectivity index (χ3v) is 20.0. The van der Waals surface area contributed by atoms with E-state index in [0.717, 1.165) is 51.4 Å². The summed E-state index contributed by atoms with van der Waals surface area (Å²) in [4.78, 5) is 150. The number of ketones is 4. The molecule has 40 nitrogen and oxygen atoms in total. The number of nitrogens with one attached hydrogen (secondary N) is 8. The number of hydrogen-bond donors (Lipinski definition) is 8. The summed E-state index contributed by atoms with van der Waals surface area (Å²) in [5.41, 5.74) is 6.14. The van der Waals surface area contributed by atoms with E-state index >= 15 is 0 Å². The predicted octanol–water partition coefficient (Wildman–Crippen LogP) is 12.3.